The molecule has 2 amide bonds. The molecule has 10 heteroatoms. The van der Waals surface area contributed by atoms with Crippen LogP contribution in [-0.2, 0) is 16.4 Å². The van der Waals surface area contributed by atoms with E-state index in [0.29, 0.717) is 12.1 Å². The largest absolute Gasteiger partial charge is 0.334 e. The van der Waals surface area contributed by atoms with Gasteiger partial charge in [-0.25, -0.2) is 17.9 Å². The fraction of sp³-hybridized carbons (Fsp3) is 0.385. The number of nitrogens with one attached hydrogen (secondary N) is 2. The minimum Gasteiger partial charge on any atom is -0.334 e. The molecule has 1 saturated heterocycles. The number of nitrogens with zero attached hydrogens (tertiary/aromatic N) is 4. The van der Waals surface area contributed by atoms with E-state index in [1.54, 1.807) is 29.3 Å². The van der Waals surface area contributed by atoms with Crippen LogP contribution in [0.4, 0.5) is 4.79 Å². The van der Waals surface area contributed by atoms with Crippen LogP contribution in [0.5, 0.6) is 0 Å². The number of sulfone groups is 1. The number of urea groups is 1. The highest BCUT2D eigenvalue weighted by molar-refractivity contribution is 7.91. The first-order valence-electron chi connectivity index (χ1n) is 7.08. The number of pyridine rings is 1. The second-order valence-electron chi connectivity index (χ2n) is 5.29. The first-order chi connectivity index (χ1) is 11.0. The van der Waals surface area contributed by atoms with Gasteiger partial charge in [-0.15, -0.1) is 5.10 Å². The fourth-order valence-corrected chi connectivity index (χ4v) is 3.98. The van der Waals surface area contributed by atoms with E-state index in [4.69, 9.17) is 0 Å². The van der Waals surface area contributed by atoms with Crippen LogP contribution in [0.25, 0.3) is 5.69 Å². The van der Waals surface area contributed by atoms with Gasteiger partial charge in [-0.2, -0.15) is 0 Å². The number of hydrogen-bond acceptors (Lipinski definition) is 6. The zero-order valence-electron chi connectivity index (χ0n) is 12.2. The number of aromatic nitrogens is 4. The third kappa shape index (κ3) is 4.03. The number of amides is 2. The molecule has 0 aromatic carbocycles. The molecule has 1 fully saturated rings. The normalized spacial score (nSPS) is 19.4. The number of carbonyl (C=O) groups is 1. The Labute approximate surface area is 133 Å². The van der Waals surface area contributed by atoms with Crippen molar-refractivity contribution in [2.24, 2.45) is 0 Å². The predicted molar refractivity (Wildman–Crippen MR) is 81.6 cm³/mol. The topological polar surface area (TPSA) is 119 Å². The van der Waals surface area contributed by atoms with Crippen LogP contribution in [-0.4, -0.2) is 52.0 Å². The lowest BCUT2D eigenvalue weighted by Gasteiger charge is -2.11. The lowest BCUT2D eigenvalue weighted by molar-refractivity contribution is 0.237. The zero-order valence-corrected chi connectivity index (χ0v) is 13.0. The average molecular weight is 336 g/mol. The summed E-state index contributed by atoms with van der Waals surface area (Å²) in [7, 11) is -3.01. The molecule has 1 aliphatic rings. The Morgan fingerprint density at radius 3 is 3.00 bits per heavy atom. The maximum Gasteiger partial charge on any atom is 0.315 e. The van der Waals surface area contributed by atoms with Crippen LogP contribution < -0.4 is 10.6 Å². The summed E-state index contributed by atoms with van der Waals surface area (Å²) in [6.07, 6.45) is 5.46. The first-order valence-corrected chi connectivity index (χ1v) is 8.90. The summed E-state index contributed by atoms with van der Waals surface area (Å²) in [4.78, 5) is 15.8. The number of carbonyl (C=O) groups excluding carboxylic acids is 1. The lowest BCUT2D eigenvalue weighted by atomic mass is 10.3. The molecule has 0 radical (unpaired) electrons. The van der Waals surface area contributed by atoms with E-state index in [9.17, 15) is 13.2 Å². The van der Waals surface area contributed by atoms with Crippen LogP contribution in [0.3, 0.4) is 0 Å². The summed E-state index contributed by atoms with van der Waals surface area (Å²) < 4.78 is 24.2. The number of hydrogen-bond donors (Lipinski definition) is 2. The number of rotatable bonds is 4. The highest BCUT2D eigenvalue weighted by Gasteiger charge is 2.28. The molecule has 3 rings (SSSR count). The van der Waals surface area contributed by atoms with Crippen LogP contribution in [0.15, 0.2) is 30.7 Å². The standard InChI is InChI=1S/C13H16N6O3S/c20-13(16-10-3-5-23(21,22)9-10)15-6-11-8-19(18-17-11)12-2-1-4-14-7-12/h1-2,4,7-8,10H,3,5-6,9H2,(H2,15,16,20). The monoisotopic (exact) mass is 336 g/mol. The van der Waals surface area contributed by atoms with Gasteiger partial charge in [0.05, 0.1) is 36.1 Å². The van der Waals surface area contributed by atoms with E-state index >= 15 is 0 Å². The van der Waals surface area contributed by atoms with Gasteiger partial charge in [0.1, 0.15) is 5.69 Å². The van der Waals surface area contributed by atoms with Crippen molar-refractivity contribution in [2.45, 2.75) is 19.0 Å². The molecular weight excluding hydrogens is 320 g/mol. The van der Waals surface area contributed by atoms with E-state index < -0.39 is 15.9 Å². The third-order valence-electron chi connectivity index (χ3n) is 3.45. The second-order valence-corrected chi connectivity index (χ2v) is 7.52. The molecule has 0 bridgehead atoms. The molecule has 1 atom stereocenters. The molecule has 1 aliphatic heterocycles. The molecule has 9 nitrogen and oxygen atoms in total. The quantitative estimate of drug-likeness (QED) is 0.787. The first kappa shape index (κ1) is 15.4. The van der Waals surface area contributed by atoms with Crippen molar-refractivity contribution in [1.82, 2.24) is 30.6 Å². The lowest BCUT2D eigenvalue weighted by Crippen LogP contribution is -2.42. The summed E-state index contributed by atoms with van der Waals surface area (Å²) in [5.74, 6) is 0.120. The fourth-order valence-electron chi connectivity index (χ4n) is 2.31. The Bertz CT molecular complexity index is 789. The van der Waals surface area contributed by atoms with Gasteiger partial charge in [-0.3, -0.25) is 4.98 Å². The van der Waals surface area contributed by atoms with Crippen molar-refractivity contribution in [1.29, 1.82) is 0 Å². The van der Waals surface area contributed by atoms with E-state index in [0.717, 1.165) is 5.69 Å². The van der Waals surface area contributed by atoms with Gasteiger partial charge in [0.25, 0.3) is 0 Å². The van der Waals surface area contributed by atoms with Crippen LogP contribution in [0.2, 0.25) is 0 Å². The van der Waals surface area contributed by atoms with Crippen LogP contribution in [0.1, 0.15) is 12.1 Å². The second kappa shape index (κ2) is 6.32. The smallest absolute Gasteiger partial charge is 0.315 e. The highest BCUT2D eigenvalue weighted by Crippen LogP contribution is 2.11. The molecule has 3 heterocycles. The average Bonchev–Trinajstić information content (AvgIpc) is 3.13. The SMILES string of the molecule is O=C(NCc1cn(-c2cccnc2)nn1)NC1CCS(=O)(=O)C1. The third-order valence-corrected chi connectivity index (χ3v) is 5.22. The van der Waals surface area contributed by atoms with Crippen LogP contribution >= 0.6 is 0 Å². The molecule has 23 heavy (non-hydrogen) atoms. The van der Waals surface area contributed by atoms with Gasteiger partial charge in [0, 0.05) is 12.2 Å². The molecule has 0 spiro atoms. The van der Waals surface area contributed by atoms with Gasteiger partial charge in [-0.1, -0.05) is 5.21 Å². The van der Waals surface area contributed by atoms with Crippen molar-refractivity contribution in [3.8, 4) is 5.69 Å². The summed E-state index contributed by atoms with van der Waals surface area (Å²) in [5, 5.41) is 13.2. The predicted octanol–water partition coefficient (Wildman–Crippen LogP) is -0.351. The Hall–Kier alpha value is -2.49. The molecular formula is C13H16N6O3S. The van der Waals surface area contributed by atoms with Crippen molar-refractivity contribution in [3.05, 3.63) is 36.4 Å². The summed E-state index contributed by atoms with van der Waals surface area (Å²) >= 11 is 0. The van der Waals surface area contributed by atoms with Crippen LogP contribution in [0, 0.1) is 0 Å². The van der Waals surface area contributed by atoms with Gasteiger partial charge >= 0.3 is 6.03 Å². The Morgan fingerprint density at radius 1 is 1.43 bits per heavy atom. The Morgan fingerprint density at radius 2 is 2.30 bits per heavy atom. The molecule has 2 N–H and O–H groups in total. The van der Waals surface area contributed by atoms with Gasteiger partial charge in [0.15, 0.2) is 9.84 Å². The van der Waals surface area contributed by atoms with Crippen molar-refractivity contribution >= 4 is 15.9 Å². The molecule has 0 aliphatic carbocycles. The van der Waals surface area contributed by atoms with Crippen molar-refractivity contribution in [3.63, 3.8) is 0 Å². The zero-order chi connectivity index (χ0) is 16.3. The van der Waals surface area contributed by atoms with E-state index in [1.165, 1.54) is 0 Å². The minimum absolute atomic E-state index is 0.00237. The molecule has 2 aromatic heterocycles. The molecule has 2 aromatic rings. The summed E-state index contributed by atoms with van der Waals surface area (Å²) in [5.41, 5.74) is 1.36. The summed E-state index contributed by atoms with van der Waals surface area (Å²) in [6.45, 7) is 0.200. The molecule has 1 unspecified atom stereocenters. The minimum atomic E-state index is -3.01. The summed E-state index contributed by atoms with van der Waals surface area (Å²) in [6, 6.07) is 2.89. The van der Waals surface area contributed by atoms with Gasteiger partial charge < -0.3 is 10.6 Å². The van der Waals surface area contributed by atoms with E-state index in [1.807, 2.05) is 6.07 Å². The molecule has 0 saturated carbocycles. The van der Waals surface area contributed by atoms with E-state index in [-0.39, 0.29) is 24.1 Å². The van der Waals surface area contributed by atoms with Crippen molar-refractivity contribution < 1.29 is 13.2 Å². The van der Waals surface area contributed by atoms with Gasteiger partial charge in [-0.05, 0) is 18.6 Å². The Kier molecular flexibility index (Phi) is 4.24. The van der Waals surface area contributed by atoms with Gasteiger partial charge in [0.2, 0.25) is 0 Å². The van der Waals surface area contributed by atoms with Crippen molar-refractivity contribution in [2.75, 3.05) is 11.5 Å². The highest BCUT2D eigenvalue weighted by atomic mass is 32.2. The maximum atomic E-state index is 11.8. The molecule has 122 valence electrons. The van der Waals surface area contributed by atoms with E-state index in [2.05, 4.69) is 25.9 Å². The Balaban J connectivity index is 1.51. The maximum absolute atomic E-state index is 11.8.